The van der Waals surface area contributed by atoms with E-state index in [1.54, 1.807) is 6.07 Å². The van der Waals surface area contributed by atoms with E-state index < -0.39 is 23.7 Å². The Morgan fingerprint density at radius 2 is 1.94 bits per heavy atom. The van der Waals surface area contributed by atoms with Crippen molar-refractivity contribution < 1.29 is 23.5 Å². The van der Waals surface area contributed by atoms with E-state index in [0.29, 0.717) is 24.0 Å². The van der Waals surface area contributed by atoms with Crippen molar-refractivity contribution in [1.82, 2.24) is 5.32 Å². The van der Waals surface area contributed by atoms with Gasteiger partial charge in [0.15, 0.2) is 5.75 Å². The smallest absolute Gasteiger partial charge is 0.408 e. The fourth-order valence-electron chi connectivity index (χ4n) is 3.35. The highest BCUT2D eigenvalue weighted by Gasteiger charge is 2.25. The number of carbonyl (C=O) groups excluding carboxylic acids is 2. The van der Waals surface area contributed by atoms with Gasteiger partial charge in [0, 0.05) is 17.5 Å². The molecule has 1 amide bonds. The molecule has 1 atom stereocenters. The Morgan fingerprint density at radius 3 is 2.65 bits per heavy atom. The number of nitrogens with one attached hydrogen (secondary N) is 1. The van der Waals surface area contributed by atoms with E-state index in [2.05, 4.69) is 5.32 Å². The Kier molecular flexibility index (Phi) is 9.42. The lowest BCUT2D eigenvalue weighted by atomic mass is 10.1. The summed E-state index contributed by atoms with van der Waals surface area (Å²) in [6.07, 6.45) is 3.03. The second-order valence-electron chi connectivity index (χ2n) is 7.58. The molecule has 0 radical (unpaired) electrons. The topological polar surface area (TPSA) is 94.8 Å². The van der Waals surface area contributed by atoms with Gasteiger partial charge in [0.05, 0.1) is 5.02 Å². The molecule has 0 aliphatic rings. The summed E-state index contributed by atoms with van der Waals surface area (Å²) in [6, 6.07) is 12.8. The van der Waals surface area contributed by atoms with Gasteiger partial charge < -0.3 is 19.2 Å². The van der Waals surface area contributed by atoms with Crippen LogP contribution < -0.4 is 15.7 Å². The molecule has 3 aromatic rings. The highest BCUT2D eigenvalue weighted by Crippen LogP contribution is 2.32. The molecule has 1 aromatic heterocycles. The van der Waals surface area contributed by atoms with E-state index in [4.69, 9.17) is 25.5 Å². The molecule has 34 heavy (non-hydrogen) atoms. The lowest BCUT2D eigenvalue weighted by molar-refractivity contribution is -0.136. The number of alkyl carbamates (subject to hydrolysis) is 1. The van der Waals surface area contributed by atoms with Gasteiger partial charge in [0.1, 0.15) is 18.2 Å². The second kappa shape index (κ2) is 12.5. The molecule has 0 aliphatic heterocycles. The van der Waals surface area contributed by atoms with Crippen LogP contribution in [0.4, 0.5) is 4.79 Å². The molecule has 0 bridgehead atoms. The first-order valence-electron chi connectivity index (χ1n) is 10.9. The normalized spacial score (nSPS) is 11.7. The largest absolute Gasteiger partial charge is 0.445 e. The minimum atomic E-state index is -0.944. The van der Waals surface area contributed by atoms with Crippen molar-refractivity contribution in [3.05, 3.63) is 75.1 Å². The zero-order valence-corrected chi connectivity index (χ0v) is 20.5. The first-order valence-corrected chi connectivity index (χ1v) is 12.6. The van der Waals surface area contributed by atoms with Crippen molar-refractivity contribution in [3.8, 4) is 5.75 Å². The lowest BCUT2D eigenvalue weighted by Gasteiger charge is -2.18. The van der Waals surface area contributed by atoms with Crippen LogP contribution in [0.1, 0.15) is 30.9 Å². The summed E-state index contributed by atoms with van der Waals surface area (Å²) in [6.45, 7) is 2.08. The van der Waals surface area contributed by atoms with Gasteiger partial charge in [-0.05, 0) is 42.0 Å². The van der Waals surface area contributed by atoms with Crippen LogP contribution in [-0.2, 0) is 22.6 Å². The minimum Gasteiger partial charge on any atom is -0.445 e. The molecule has 2 aromatic carbocycles. The number of halogens is 1. The number of aryl methyl sites for hydroxylation is 1. The number of benzene rings is 2. The van der Waals surface area contributed by atoms with Gasteiger partial charge in [-0.3, -0.25) is 0 Å². The molecule has 0 saturated heterocycles. The van der Waals surface area contributed by atoms with Crippen LogP contribution in [0.3, 0.4) is 0 Å². The number of carbonyl (C=O) groups is 2. The van der Waals surface area contributed by atoms with Crippen molar-refractivity contribution in [3.63, 3.8) is 0 Å². The first-order chi connectivity index (χ1) is 16.4. The summed E-state index contributed by atoms with van der Waals surface area (Å²) < 4.78 is 16.0. The van der Waals surface area contributed by atoms with E-state index in [0.717, 1.165) is 17.5 Å². The highest BCUT2D eigenvalue weighted by atomic mass is 35.5. The Morgan fingerprint density at radius 1 is 1.18 bits per heavy atom. The number of hydrogen-bond acceptors (Lipinski definition) is 7. The van der Waals surface area contributed by atoms with Gasteiger partial charge in [-0.2, -0.15) is 11.8 Å². The SMILES string of the molecule is CCCc1cc(=O)oc2cc(OC(=O)[C@H](CCSC)NC(=O)OCc3ccccc3)c(Cl)cc12. The fraction of sp³-hybridized carbons (Fsp3) is 0.320. The standard InChI is InChI=1S/C25H26ClNO6S/c1-3-7-17-12-23(28)32-21-14-22(19(26)13-18(17)21)33-24(29)20(10-11-34-2)27-25(30)31-15-16-8-5-4-6-9-16/h4-6,8-9,12-14,20H,3,7,10-11,15H2,1-2H3,(H,27,30)/t20-/m0/s1. The second-order valence-corrected chi connectivity index (χ2v) is 8.97. The third-order valence-electron chi connectivity index (χ3n) is 5.01. The summed E-state index contributed by atoms with van der Waals surface area (Å²) in [7, 11) is 0. The van der Waals surface area contributed by atoms with Crippen molar-refractivity contribution in [2.75, 3.05) is 12.0 Å². The summed E-state index contributed by atoms with van der Waals surface area (Å²) >= 11 is 7.91. The Hall–Kier alpha value is -2.97. The summed E-state index contributed by atoms with van der Waals surface area (Å²) in [5.74, 6) is -0.0389. The van der Waals surface area contributed by atoms with Crippen LogP contribution >= 0.6 is 23.4 Å². The number of ether oxygens (including phenoxy) is 2. The number of rotatable bonds is 10. The first kappa shape index (κ1) is 25.6. The van der Waals surface area contributed by atoms with E-state index in [1.165, 1.54) is 23.9 Å². The third-order valence-corrected chi connectivity index (χ3v) is 5.95. The predicted octanol–water partition coefficient (Wildman–Crippen LogP) is 5.35. The van der Waals surface area contributed by atoms with Crippen LogP contribution in [0.5, 0.6) is 5.75 Å². The van der Waals surface area contributed by atoms with E-state index in [9.17, 15) is 14.4 Å². The molecule has 0 fully saturated rings. The number of fused-ring (bicyclic) bond motifs is 1. The maximum atomic E-state index is 12.9. The monoisotopic (exact) mass is 503 g/mol. The van der Waals surface area contributed by atoms with Gasteiger partial charge in [0.2, 0.25) is 0 Å². The molecular weight excluding hydrogens is 478 g/mol. The Balaban J connectivity index is 1.74. The van der Waals surface area contributed by atoms with Crippen molar-refractivity contribution in [1.29, 1.82) is 0 Å². The molecule has 0 saturated carbocycles. The number of hydrogen-bond donors (Lipinski definition) is 1. The average molecular weight is 504 g/mol. The van der Waals surface area contributed by atoms with E-state index >= 15 is 0 Å². The maximum Gasteiger partial charge on any atom is 0.408 e. The molecule has 180 valence electrons. The van der Waals surface area contributed by atoms with Crippen molar-refractivity contribution >= 4 is 46.4 Å². The number of esters is 1. The molecule has 3 rings (SSSR count). The molecule has 1 heterocycles. The quantitative estimate of drug-likeness (QED) is 0.226. The van der Waals surface area contributed by atoms with Crippen LogP contribution in [-0.4, -0.2) is 30.1 Å². The minimum absolute atomic E-state index is 0.0459. The van der Waals surface area contributed by atoms with Gasteiger partial charge >= 0.3 is 17.7 Å². The zero-order chi connectivity index (χ0) is 24.5. The lowest BCUT2D eigenvalue weighted by Crippen LogP contribution is -2.43. The molecule has 0 unspecified atom stereocenters. The summed E-state index contributed by atoms with van der Waals surface area (Å²) in [4.78, 5) is 37.1. The average Bonchev–Trinajstić information content (AvgIpc) is 2.82. The van der Waals surface area contributed by atoms with Crippen LogP contribution in [0.2, 0.25) is 5.02 Å². The number of thioether (sulfide) groups is 1. The summed E-state index contributed by atoms with van der Waals surface area (Å²) in [5, 5.41) is 3.45. The molecule has 0 aliphatic carbocycles. The van der Waals surface area contributed by atoms with Gasteiger partial charge in [-0.1, -0.05) is 55.3 Å². The van der Waals surface area contributed by atoms with Gasteiger partial charge in [-0.15, -0.1) is 0 Å². The van der Waals surface area contributed by atoms with Gasteiger partial charge in [-0.25, -0.2) is 14.4 Å². The number of amides is 1. The molecule has 7 nitrogen and oxygen atoms in total. The van der Waals surface area contributed by atoms with E-state index in [-0.39, 0.29) is 23.0 Å². The zero-order valence-electron chi connectivity index (χ0n) is 19.0. The predicted molar refractivity (Wildman–Crippen MR) is 134 cm³/mol. The van der Waals surface area contributed by atoms with Crippen molar-refractivity contribution in [2.24, 2.45) is 0 Å². The van der Waals surface area contributed by atoms with Crippen LogP contribution in [0.15, 0.2) is 57.7 Å². The molecule has 9 heteroatoms. The molecule has 0 spiro atoms. The highest BCUT2D eigenvalue weighted by molar-refractivity contribution is 7.98. The van der Waals surface area contributed by atoms with Crippen LogP contribution in [0.25, 0.3) is 11.0 Å². The van der Waals surface area contributed by atoms with Gasteiger partial charge in [0.25, 0.3) is 0 Å². The Bertz CT molecular complexity index is 1200. The maximum absolute atomic E-state index is 12.9. The third kappa shape index (κ3) is 7.01. The summed E-state index contributed by atoms with van der Waals surface area (Å²) in [5.41, 5.74) is 1.43. The molecular formula is C25H26ClNO6S. The fourth-order valence-corrected chi connectivity index (χ4v) is 4.03. The van der Waals surface area contributed by atoms with E-state index in [1.807, 2.05) is 43.5 Å². The van der Waals surface area contributed by atoms with Crippen molar-refractivity contribution in [2.45, 2.75) is 38.8 Å². The van der Waals surface area contributed by atoms with Crippen LogP contribution in [0, 0.1) is 0 Å². The Labute approximate surface area is 206 Å². The molecule has 1 N–H and O–H groups in total.